The Hall–Kier alpha value is -1.02. The van der Waals surface area contributed by atoms with Crippen LogP contribution in [0.5, 0.6) is 0 Å². The lowest BCUT2D eigenvalue weighted by Crippen LogP contribution is -1.84. The molecule has 0 bridgehead atoms. The van der Waals surface area contributed by atoms with Crippen LogP contribution in [0.3, 0.4) is 0 Å². The lowest BCUT2D eigenvalue weighted by molar-refractivity contribution is 0.936. The third-order valence-corrected chi connectivity index (χ3v) is 1.93. The van der Waals surface area contributed by atoms with E-state index in [-0.39, 0.29) is 0 Å². The molecule has 0 aliphatic heterocycles. The zero-order valence-electron chi connectivity index (χ0n) is 6.00. The molecule has 0 N–H and O–H groups in total. The fraction of sp³-hybridized carbons (Fsp3) is 0.125. The van der Waals surface area contributed by atoms with Gasteiger partial charge in [0.25, 0.3) is 0 Å². The second-order valence-electron chi connectivity index (χ2n) is 2.38. The van der Waals surface area contributed by atoms with E-state index in [1.807, 2.05) is 25.2 Å². The summed E-state index contributed by atoms with van der Waals surface area (Å²) >= 11 is 5.92. The summed E-state index contributed by atoms with van der Waals surface area (Å²) < 4.78 is 1.79. The highest BCUT2D eigenvalue weighted by Crippen LogP contribution is 2.20. The molecule has 0 spiro atoms. The van der Waals surface area contributed by atoms with Crippen LogP contribution >= 0.6 is 11.6 Å². The Morgan fingerprint density at radius 1 is 1.55 bits per heavy atom. The molecule has 55 valence electrons. The molecule has 1 aromatic carbocycles. The minimum Gasteiger partial charge on any atom is -0.323 e. The highest BCUT2D eigenvalue weighted by molar-refractivity contribution is 6.34. The summed E-state index contributed by atoms with van der Waals surface area (Å²) in [6, 6.07) is 5.64. The maximum Gasteiger partial charge on any atom is 0.177 e. The van der Waals surface area contributed by atoms with Gasteiger partial charge in [-0.25, -0.2) is 4.98 Å². The van der Waals surface area contributed by atoms with Crippen LogP contribution in [0, 0.1) is 6.33 Å². The fourth-order valence-corrected chi connectivity index (χ4v) is 1.40. The van der Waals surface area contributed by atoms with Gasteiger partial charge in [0.2, 0.25) is 0 Å². The normalized spacial score (nSPS) is 10.7. The molecule has 0 saturated carbocycles. The smallest absolute Gasteiger partial charge is 0.177 e. The second-order valence-corrected chi connectivity index (χ2v) is 2.79. The molecule has 1 radical (unpaired) electrons. The monoisotopic (exact) mass is 165 g/mol. The van der Waals surface area contributed by atoms with Crippen molar-refractivity contribution in [1.82, 2.24) is 9.55 Å². The lowest BCUT2D eigenvalue weighted by Gasteiger charge is -1.94. The SMILES string of the molecule is Cn1[c]nc2cccc(Cl)c21. The first-order chi connectivity index (χ1) is 5.29. The molecule has 0 aliphatic carbocycles. The molecule has 0 unspecified atom stereocenters. The summed E-state index contributed by atoms with van der Waals surface area (Å²) in [6.45, 7) is 0. The Kier molecular flexibility index (Phi) is 1.36. The summed E-state index contributed by atoms with van der Waals surface area (Å²) in [6.07, 6.45) is 2.80. The summed E-state index contributed by atoms with van der Waals surface area (Å²) in [5.41, 5.74) is 1.83. The van der Waals surface area contributed by atoms with E-state index in [0.29, 0.717) is 0 Å². The van der Waals surface area contributed by atoms with Crippen LogP contribution in [-0.2, 0) is 7.05 Å². The molecule has 0 atom stereocenters. The third kappa shape index (κ3) is 0.906. The van der Waals surface area contributed by atoms with Crippen LogP contribution in [0.1, 0.15) is 0 Å². The molecule has 1 heterocycles. The molecule has 0 fully saturated rings. The van der Waals surface area contributed by atoms with E-state index in [1.54, 1.807) is 4.57 Å². The molecule has 2 rings (SSSR count). The molecular weight excluding hydrogens is 160 g/mol. The van der Waals surface area contributed by atoms with Gasteiger partial charge in [-0.3, -0.25) is 0 Å². The van der Waals surface area contributed by atoms with Gasteiger partial charge < -0.3 is 4.57 Å². The minimum absolute atomic E-state index is 0.721. The van der Waals surface area contributed by atoms with Gasteiger partial charge in [-0.2, -0.15) is 0 Å². The van der Waals surface area contributed by atoms with Crippen molar-refractivity contribution >= 4 is 22.6 Å². The molecule has 3 heteroatoms. The molecule has 2 aromatic rings. The highest BCUT2D eigenvalue weighted by Gasteiger charge is 2.02. The molecule has 0 saturated heterocycles. The Labute approximate surface area is 69.4 Å². The van der Waals surface area contributed by atoms with E-state index in [9.17, 15) is 0 Å². The van der Waals surface area contributed by atoms with E-state index in [2.05, 4.69) is 11.3 Å². The number of aromatic nitrogens is 2. The topological polar surface area (TPSA) is 17.8 Å². The number of benzene rings is 1. The molecule has 1 aromatic heterocycles. The Bertz CT molecular complexity index is 392. The maximum atomic E-state index is 5.92. The van der Waals surface area contributed by atoms with Gasteiger partial charge in [0.1, 0.15) is 0 Å². The lowest BCUT2D eigenvalue weighted by atomic mass is 10.3. The van der Waals surface area contributed by atoms with Crippen LogP contribution in [0.2, 0.25) is 5.02 Å². The van der Waals surface area contributed by atoms with Crippen molar-refractivity contribution < 1.29 is 0 Å². The number of para-hydroxylation sites is 1. The predicted octanol–water partition coefficient (Wildman–Crippen LogP) is 2.03. The van der Waals surface area contributed by atoms with Gasteiger partial charge >= 0.3 is 0 Å². The standard InChI is InChI=1S/C8H6ClN2/c1-11-5-10-7-4-2-3-6(9)8(7)11/h2-4H,1H3. The highest BCUT2D eigenvalue weighted by atomic mass is 35.5. The number of aryl methyl sites for hydroxylation is 1. The summed E-state index contributed by atoms with van der Waals surface area (Å²) in [4.78, 5) is 4.03. The average Bonchev–Trinajstić information content (AvgIpc) is 2.34. The number of nitrogens with zero attached hydrogens (tertiary/aromatic N) is 2. The van der Waals surface area contributed by atoms with Gasteiger partial charge in [-0.05, 0) is 12.1 Å². The van der Waals surface area contributed by atoms with Crippen LogP contribution in [0.25, 0.3) is 11.0 Å². The fourth-order valence-electron chi connectivity index (χ4n) is 1.11. The molecule has 2 nitrogen and oxygen atoms in total. The van der Waals surface area contributed by atoms with Crippen molar-refractivity contribution in [2.24, 2.45) is 7.05 Å². The summed E-state index contributed by atoms with van der Waals surface area (Å²) in [5, 5.41) is 0.721. The van der Waals surface area contributed by atoms with Crippen LogP contribution < -0.4 is 0 Å². The van der Waals surface area contributed by atoms with E-state index >= 15 is 0 Å². The molecule has 0 aliphatic rings. The van der Waals surface area contributed by atoms with Crippen molar-refractivity contribution in [3.05, 3.63) is 29.5 Å². The zero-order valence-corrected chi connectivity index (χ0v) is 6.76. The van der Waals surface area contributed by atoms with Gasteiger partial charge in [-0.15, -0.1) is 0 Å². The summed E-state index contributed by atoms with van der Waals surface area (Å²) in [5.74, 6) is 0. The first-order valence-corrected chi connectivity index (χ1v) is 3.65. The van der Waals surface area contributed by atoms with Crippen molar-refractivity contribution in [2.45, 2.75) is 0 Å². The maximum absolute atomic E-state index is 5.92. The van der Waals surface area contributed by atoms with Crippen LogP contribution in [0.4, 0.5) is 0 Å². The van der Waals surface area contributed by atoms with Gasteiger partial charge in [0, 0.05) is 7.05 Å². The predicted molar refractivity (Wildman–Crippen MR) is 44.6 cm³/mol. The van der Waals surface area contributed by atoms with Gasteiger partial charge in [-0.1, -0.05) is 17.7 Å². The zero-order chi connectivity index (χ0) is 7.84. The number of rotatable bonds is 0. The van der Waals surface area contributed by atoms with E-state index in [4.69, 9.17) is 11.6 Å². The minimum atomic E-state index is 0.721. The van der Waals surface area contributed by atoms with Crippen molar-refractivity contribution in [3.63, 3.8) is 0 Å². The van der Waals surface area contributed by atoms with Crippen molar-refractivity contribution in [2.75, 3.05) is 0 Å². The number of imidazole rings is 1. The van der Waals surface area contributed by atoms with Crippen molar-refractivity contribution in [1.29, 1.82) is 0 Å². The van der Waals surface area contributed by atoms with Crippen molar-refractivity contribution in [3.8, 4) is 0 Å². The van der Waals surface area contributed by atoms with E-state index in [1.165, 1.54) is 0 Å². The van der Waals surface area contributed by atoms with E-state index < -0.39 is 0 Å². The quantitative estimate of drug-likeness (QED) is 0.584. The summed E-state index contributed by atoms with van der Waals surface area (Å²) in [7, 11) is 1.88. The Morgan fingerprint density at radius 2 is 2.36 bits per heavy atom. The Morgan fingerprint density at radius 3 is 3.09 bits per heavy atom. The largest absolute Gasteiger partial charge is 0.323 e. The second kappa shape index (κ2) is 2.24. The molecular formula is C8H6ClN2. The number of hydrogen-bond donors (Lipinski definition) is 0. The van der Waals surface area contributed by atoms with Gasteiger partial charge in [0.05, 0.1) is 16.1 Å². The number of fused-ring (bicyclic) bond motifs is 1. The van der Waals surface area contributed by atoms with Crippen LogP contribution in [0.15, 0.2) is 18.2 Å². The van der Waals surface area contributed by atoms with E-state index in [0.717, 1.165) is 16.1 Å². The Balaban J connectivity index is 2.96. The molecule has 11 heavy (non-hydrogen) atoms. The first kappa shape index (κ1) is 6.68. The van der Waals surface area contributed by atoms with Crippen LogP contribution in [-0.4, -0.2) is 9.55 Å². The molecule has 0 amide bonds. The third-order valence-electron chi connectivity index (χ3n) is 1.62. The van der Waals surface area contributed by atoms with Gasteiger partial charge in [0.15, 0.2) is 6.33 Å². The average molecular weight is 166 g/mol. The first-order valence-electron chi connectivity index (χ1n) is 3.27. The number of halogens is 1. The number of hydrogen-bond acceptors (Lipinski definition) is 1.